The van der Waals surface area contributed by atoms with E-state index >= 15 is 0 Å². The van der Waals surface area contributed by atoms with Gasteiger partial charge in [0, 0.05) is 5.56 Å². The molecule has 1 aliphatic heterocycles. The molecule has 0 fully saturated rings. The number of benzene rings is 2. The first kappa shape index (κ1) is 22.8. The molecule has 0 radical (unpaired) electrons. The Hall–Kier alpha value is -2.83. The molecule has 10 nitrogen and oxygen atoms in total. The maximum atomic E-state index is 12.9. The first-order valence-corrected chi connectivity index (χ1v) is 12.6. The Morgan fingerprint density at radius 1 is 0.935 bits per heavy atom. The normalized spacial score (nSPS) is 13.5. The minimum absolute atomic E-state index is 0.133. The third kappa shape index (κ3) is 5.09. The van der Waals surface area contributed by atoms with E-state index in [0.29, 0.717) is 35.8 Å². The zero-order valence-electron chi connectivity index (χ0n) is 17.4. The lowest BCUT2D eigenvalue weighted by Gasteiger charge is -2.19. The van der Waals surface area contributed by atoms with Crippen LogP contribution in [0.3, 0.4) is 0 Å². The molecule has 1 aliphatic rings. The third-order valence-electron chi connectivity index (χ3n) is 4.56. The number of amides is 1. The fraction of sp³-hybridized carbons (Fsp3) is 0.316. The summed E-state index contributed by atoms with van der Waals surface area (Å²) in [6.45, 7) is 5.50. The minimum Gasteiger partial charge on any atom is -0.486 e. The lowest BCUT2D eigenvalue weighted by Crippen LogP contribution is -2.42. The van der Waals surface area contributed by atoms with Gasteiger partial charge in [-0.15, -0.1) is 4.83 Å². The molecule has 0 atom stereocenters. The number of fused-ring (bicyclic) bond motifs is 1. The SMILES string of the molecule is Cc1cc(C)c(S(=O)(=O)NNC(=O)c2ccc3c(c2)OCCO3)c(C)c1NS(C)(=O)=O. The van der Waals surface area contributed by atoms with Crippen LogP contribution in [-0.4, -0.2) is 42.2 Å². The third-order valence-corrected chi connectivity index (χ3v) is 6.67. The fourth-order valence-electron chi connectivity index (χ4n) is 3.34. The zero-order chi connectivity index (χ0) is 23.0. The van der Waals surface area contributed by atoms with Crippen LogP contribution in [0.4, 0.5) is 5.69 Å². The maximum absolute atomic E-state index is 12.9. The van der Waals surface area contributed by atoms with Crippen LogP contribution in [0.5, 0.6) is 11.5 Å². The van der Waals surface area contributed by atoms with Gasteiger partial charge in [-0.05, 0) is 55.7 Å². The van der Waals surface area contributed by atoms with Gasteiger partial charge in [0.25, 0.3) is 15.9 Å². The van der Waals surface area contributed by atoms with Crippen LogP contribution >= 0.6 is 0 Å². The summed E-state index contributed by atoms with van der Waals surface area (Å²) in [6.07, 6.45) is 0.978. The Bertz CT molecular complexity index is 1260. The van der Waals surface area contributed by atoms with Gasteiger partial charge in [-0.1, -0.05) is 6.07 Å². The minimum atomic E-state index is -4.21. The second-order valence-corrected chi connectivity index (χ2v) is 10.5. The summed E-state index contributed by atoms with van der Waals surface area (Å²) >= 11 is 0. The Morgan fingerprint density at radius 2 is 1.58 bits per heavy atom. The first-order chi connectivity index (χ1) is 14.4. The zero-order valence-corrected chi connectivity index (χ0v) is 19.0. The largest absolute Gasteiger partial charge is 0.486 e. The highest BCUT2D eigenvalue weighted by Crippen LogP contribution is 2.32. The molecule has 31 heavy (non-hydrogen) atoms. The molecule has 3 N–H and O–H groups in total. The summed E-state index contributed by atoms with van der Waals surface area (Å²) in [4.78, 5) is 14.4. The van der Waals surface area contributed by atoms with Crippen molar-refractivity contribution in [3.63, 3.8) is 0 Å². The Balaban J connectivity index is 1.85. The van der Waals surface area contributed by atoms with Crippen molar-refractivity contribution in [2.24, 2.45) is 0 Å². The molecule has 0 aromatic heterocycles. The van der Waals surface area contributed by atoms with E-state index in [2.05, 4.69) is 15.0 Å². The van der Waals surface area contributed by atoms with Gasteiger partial charge in [-0.25, -0.2) is 16.8 Å². The molecule has 12 heteroatoms. The van der Waals surface area contributed by atoms with Crippen molar-refractivity contribution in [3.05, 3.63) is 46.5 Å². The van der Waals surface area contributed by atoms with Gasteiger partial charge in [0.05, 0.1) is 16.8 Å². The second kappa shape index (κ2) is 8.36. The molecule has 0 saturated heterocycles. The number of hydrogen-bond acceptors (Lipinski definition) is 7. The highest BCUT2D eigenvalue weighted by molar-refractivity contribution is 7.92. The molecular formula is C19H23N3O7S2. The summed E-state index contributed by atoms with van der Waals surface area (Å²) in [5.41, 5.74) is 3.69. The Kier molecular flexibility index (Phi) is 6.16. The first-order valence-electron chi connectivity index (χ1n) is 9.19. The van der Waals surface area contributed by atoms with Crippen molar-refractivity contribution in [2.45, 2.75) is 25.7 Å². The lowest BCUT2D eigenvalue weighted by molar-refractivity contribution is 0.0944. The molecule has 3 rings (SSSR count). The average molecular weight is 470 g/mol. The van der Waals surface area contributed by atoms with E-state index in [0.717, 1.165) is 6.26 Å². The molecule has 0 bridgehead atoms. The monoisotopic (exact) mass is 469 g/mol. The number of carbonyl (C=O) groups excluding carboxylic acids is 1. The molecule has 1 heterocycles. The molecule has 0 saturated carbocycles. The summed E-state index contributed by atoms with van der Waals surface area (Å²) in [6, 6.07) is 6.05. The van der Waals surface area contributed by atoms with E-state index in [9.17, 15) is 21.6 Å². The van der Waals surface area contributed by atoms with Crippen LogP contribution in [0.2, 0.25) is 0 Å². The van der Waals surface area contributed by atoms with Crippen LogP contribution in [0.1, 0.15) is 27.0 Å². The van der Waals surface area contributed by atoms with Gasteiger partial charge in [0.15, 0.2) is 11.5 Å². The number of hydrogen-bond donors (Lipinski definition) is 3. The fourth-order valence-corrected chi connectivity index (χ4v) is 5.35. The van der Waals surface area contributed by atoms with Crippen LogP contribution in [-0.2, 0) is 20.0 Å². The predicted octanol–water partition coefficient (Wildman–Crippen LogP) is 1.38. The van der Waals surface area contributed by atoms with Crippen molar-refractivity contribution in [3.8, 4) is 11.5 Å². The summed E-state index contributed by atoms with van der Waals surface area (Å²) in [5.74, 6) is 0.195. The quantitative estimate of drug-likeness (QED) is 0.543. The molecule has 168 valence electrons. The number of rotatable bonds is 6. The average Bonchev–Trinajstić information content (AvgIpc) is 2.68. The molecule has 0 spiro atoms. The van der Waals surface area contributed by atoms with E-state index in [1.54, 1.807) is 26.0 Å². The smallest absolute Gasteiger partial charge is 0.266 e. The highest BCUT2D eigenvalue weighted by Gasteiger charge is 2.25. The number of hydrazine groups is 1. The number of sulfonamides is 2. The summed E-state index contributed by atoms with van der Waals surface area (Å²) in [5, 5.41) is 0. The van der Waals surface area contributed by atoms with Gasteiger partial charge < -0.3 is 9.47 Å². The van der Waals surface area contributed by atoms with E-state index in [4.69, 9.17) is 9.47 Å². The van der Waals surface area contributed by atoms with Crippen LogP contribution in [0.25, 0.3) is 0 Å². The van der Waals surface area contributed by atoms with Crippen LogP contribution in [0, 0.1) is 20.8 Å². The van der Waals surface area contributed by atoms with Crippen molar-refractivity contribution in [1.29, 1.82) is 0 Å². The molecule has 0 unspecified atom stereocenters. The van der Waals surface area contributed by atoms with Gasteiger partial charge in [-0.2, -0.15) is 0 Å². The van der Waals surface area contributed by atoms with Gasteiger partial charge >= 0.3 is 0 Å². The van der Waals surface area contributed by atoms with E-state index in [1.807, 2.05) is 0 Å². The topological polar surface area (TPSA) is 140 Å². The van der Waals surface area contributed by atoms with E-state index < -0.39 is 26.0 Å². The van der Waals surface area contributed by atoms with Crippen molar-refractivity contribution in [2.75, 3.05) is 24.2 Å². The number of aryl methyl sites for hydroxylation is 2. The Morgan fingerprint density at radius 3 is 2.23 bits per heavy atom. The second-order valence-electron chi connectivity index (χ2n) is 7.13. The van der Waals surface area contributed by atoms with Crippen molar-refractivity contribution in [1.82, 2.24) is 10.3 Å². The number of ether oxygens (including phenoxy) is 2. The number of nitrogens with one attached hydrogen (secondary N) is 3. The number of carbonyl (C=O) groups is 1. The van der Waals surface area contributed by atoms with E-state index in [-0.39, 0.29) is 21.7 Å². The molecule has 2 aromatic carbocycles. The standard InChI is InChI=1S/C19H23N3O7S2/c1-11-9-12(2)18(13(3)17(11)21-30(4,24)25)31(26,27)22-20-19(23)14-5-6-15-16(10-14)29-8-7-28-15/h5-6,9-10,21-22H,7-8H2,1-4H3,(H,20,23). The predicted molar refractivity (Wildman–Crippen MR) is 114 cm³/mol. The number of anilines is 1. The van der Waals surface area contributed by atoms with E-state index in [1.165, 1.54) is 19.1 Å². The Labute approximate surface area is 181 Å². The summed E-state index contributed by atoms with van der Waals surface area (Å²) < 4.78 is 62.4. The molecular weight excluding hydrogens is 446 g/mol. The van der Waals surface area contributed by atoms with Crippen LogP contribution < -0.4 is 24.5 Å². The molecule has 2 aromatic rings. The van der Waals surface area contributed by atoms with Crippen molar-refractivity contribution >= 4 is 31.6 Å². The van der Waals surface area contributed by atoms with Gasteiger partial charge in [-0.3, -0.25) is 14.9 Å². The molecule has 1 amide bonds. The lowest BCUT2D eigenvalue weighted by atomic mass is 10.1. The van der Waals surface area contributed by atoms with Crippen LogP contribution in [0.15, 0.2) is 29.2 Å². The van der Waals surface area contributed by atoms with Gasteiger partial charge in [0.2, 0.25) is 10.0 Å². The maximum Gasteiger partial charge on any atom is 0.266 e. The highest BCUT2D eigenvalue weighted by atomic mass is 32.2. The van der Waals surface area contributed by atoms with Gasteiger partial charge in [0.1, 0.15) is 13.2 Å². The summed E-state index contributed by atoms with van der Waals surface area (Å²) in [7, 11) is -7.83. The van der Waals surface area contributed by atoms with Crippen molar-refractivity contribution < 1.29 is 31.1 Å². The molecule has 0 aliphatic carbocycles.